The van der Waals surface area contributed by atoms with Gasteiger partial charge >= 0.3 is 5.76 Å². The molecule has 0 aliphatic heterocycles. The molecule has 37 heavy (non-hydrogen) atoms. The Bertz CT molecular complexity index is 1430. The lowest BCUT2D eigenvalue weighted by molar-refractivity contribution is 0.156. The van der Waals surface area contributed by atoms with Crippen LogP contribution < -0.4 is 5.76 Å². The van der Waals surface area contributed by atoms with E-state index in [0.717, 1.165) is 34.9 Å². The van der Waals surface area contributed by atoms with Gasteiger partial charge in [0.15, 0.2) is 0 Å². The number of halogens is 1. The van der Waals surface area contributed by atoms with Gasteiger partial charge in [-0.25, -0.2) is 14.8 Å². The van der Waals surface area contributed by atoms with E-state index in [1.807, 2.05) is 12.1 Å². The van der Waals surface area contributed by atoms with E-state index in [1.165, 1.54) is 25.7 Å². The van der Waals surface area contributed by atoms with Crippen LogP contribution in [0.1, 0.15) is 58.2 Å². The predicted molar refractivity (Wildman–Crippen MR) is 142 cm³/mol. The van der Waals surface area contributed by atoms with Crippen LogP contribution in [-0.4, -0.2) is 43.4 Å². The van der Waals surface area contributed by atoms with Gasteiger partial charge in [0.05, 0.1) is 28.4 Å². The molecule has 1 atom stereocenters. The Morgan fingerprint density at radius 2 is 1.97 bits per heavy atom. The Hall–Kier alpha value is -3.04. The summed E-state index contributed by atoms with van der Waals surface area (Å²) in [4.78, 5) is 28.7. The molecule has 10 heteroatoms. The maximum Gasteiger partial charge on any atom is 0.439 e. The third kappa shape index (κ3) is 5.33. The molecule has 0 bridgehead atoms. The molecule has 1 aliphatic carbocycles. The number of hydrogen-bond donors (Lipinski definition) is 1. The van der Waals surface area contributed by atoms with Gasteiger partial charge in [-0.3, -0.25) is 14.5 Å². The second-order valence-electron chi connectivity index (χ2n) is 10.6. The Morgan fingerprint density at radius 3 is 2.62 bits per heavy atom. The lowest BCUT2D eigenvalue weighted by Crippen LogP contribution is -2.23. The van der Waals surface area contributed by atoms with Crippen molar-refractivity contribution in [3.05, 3.63) is 45.9 Å². The molecule has 4 heterocycles. The van der Waals surface area contributed by atoms with Crippen LogP contribution in [0.4, 0.5) is 0 Å². The SMILES string of the molecule is COCC(c1nc2cc(-c3noc(=O)[nH]3)nc(-c3cncc(Cl)c3)c2n1C[C@H]1CC[C@H](C)CC1)C(C)C. The van der Waals surface area contributed by atoms with Gasteiger partial charge in [0.25, 0.3) is 0 Å². The number of nitrogens with zero attached hydrogens (tertiary/aromatic N) is 5. The molecule has 4 aromatic heterocycles. The fraction of sp³-hybridized carbons (Fsp3) is 0.519. The fourth-order valence-corrected chi connectivity index (χ4v) is 5.54. The standard InChI is InChI=1S/C27H33ClN6O3/c1-15(2)20(14-36-4)26-31-21-10-22(25-32-27(35)37-33-25)30-23(18-9-19(28)12-29-11-18)24(21)34(26)13-17-7-5-16(3)6-8-17/h9-12,15-17,20H,5-8,13-14H2,1-4H3,(H,32,33,35)/t16-,17-,20?. The first kappa shape index (κ1) is 25.6. The van der Waals surface area contributed by atoms with Gasteiger partial charge in [0.2, 0.25) is 5.82 Å². The molecule has 196 valence electrons. The summed E-state index contributed by atoms with van der Waals surface area (Å²) in [6, 6.07) is 3.71. The highest BCUT2D eigenvalue weighted by Gasteiger charge is 2.29. The Kier molecular flexibility index (Phi) is 7.44. The largest absolute Gasteiger partial charge is 0.439 e. The average Bonchev–Trinajstić information content (AvgIpc) is 3.46. The quantitative estimate of drug-likeness (QED) is 0.314. The molecule has 1 aliphatic rings. The number of hydrogen-bond acceptors (Lipinski definition) is 7. The van der Waals surface area contributed by atoms with Gasteiger partial charge < -0.3 is 9.30 Å². The minimum atomic E-state index is -0.638. The van der Waals surface area contributed by atoms with Crippen molar-refractivity contribution in [2.24, 2.45) is 17.8 Å². The molecule has 0 aromatic carbocycles. The molecule has 1 saturated carbocycles. The molecule has 5 rings (SSSR count). The van der Waals surface area contributed by atoms with E-state index >= 15 is 0 Å². The summed E-state index contributed by atoms with van der Waals surface area (Å²) < 4.78 is 12.7. The van der Waals surface area contributed by atoms with Gasteiger partial charge in [-0.05, 0) is 42.7 Å². The summed E-state index contributed by atoms with van der Waals surface area (Å²) in [6.45, 7) is 8.15. The summed E-state index contributed by atoms with van der Waals surface area (Å²) in [5.74, 6) is 2.33. The zero-order valence-corrected chi connectivity index (χ0v) is 22.5. The highest BCUT2D eigenvalue weighted by atomic mass is 35.5. The Morgan fingerprint density at radius 1 is 1.19 bits per heavy atom. The van der Waals surface area contributed by atoms with Gasteiger partial charge in [-0.1, -0.05) is 50.4 Å². The zero-order valence-electron chi connectivity index (χ0n) is 21.7. The number of aromatic nitrogens is 6. The van der Waals surface area contributed by atoms with Gasteiger partial charge in [0.1, 0.15) is 11.5 Å². The van der Waals surface area contributed by atoms with Gasteiger partial charge in [-0.15, -0.1) is 0 Å². The molecule has 0 amide bonds. The second kappa shape index (κ2) is 10.8. The van der Waals surface area contributed by atoms with Crippen molar-refractivity contribution < 1.29 is 9.26 Å². The summed E-state index contributed by atoms with van der Waals surface area (Å²) in [5, 5.41) is 4.38. The van der Waals surface area contributed by atoms with E-state index in [2.05, 4.69) is 40.5 Å². The molecule has 9 nitrogen and oxygen atoms in total. The lowest BCUT2D eigenvalue weighted by Gasteiger charge is -2.29. The number of imidazole rings is 1. The number of rotatable bonds is 8. The zero-order chi connectivity index (χ0) is 26.1. The van der Waals surface area contributed by atoms with E-state index in [9.17, 15) is 4.79 Å². The van der Waals surface area contributed by atoms with E-state index in [0.29, 0.717) is 34.9 Å². The normalized spacial score (nSPS) is 19.1. The minimum Gasteiger partial charge on any atom is -0.384 e. The summed E-state index contributed by atoms with van der Waals surface area (Å²) in [5.41, 5.74) is 3.61. The third-order valence-electron chi connectivity index (χ3n) is 7.47. The van der Waals surface area contributed by atoms with Crippen LogP contribution in [0.5, 0.6) is 0 Å². The molecule has 1 unspecified atom stereocenters. The van der Waals surface area contributed by atoms with Crippen molar-refractivity contribution in [3.8, 4) is 22.8 Å². The first-order valence-corrected chi connectivity index (χ1v) is 13.3. The Labute approximate surface area is 220 Å². The fourth-order valence-electron chi connectivity index (χ4n) is 5.36. The van der Waals surface area contributed by atoms with Crippen LogP contribution in [-0.2, 0) is 11.3 Å². The van der Waals surface area contributed by atoms with Crippen molar-refractivity contribution in [1.82, 2.24) is 29.7 Å². The summed E-state index contributed by atoms with van der Waals surface area (Å²) in [6.07, 6.45) is 8.21. The number of nitrogens with one attached hydrogen (secondary N) is 1. The predicted octanol–water partition coefficient (Wildman–Crippen LogP) is 5.70. The van der Waals surface area contributed by atoms with Crippen LogP contribution in [0.15, 0.2) is 33.8 Å². The van der Waals surface area contributed by atoms with Crippen molar-refractivity contribution in [3.63, 3.8) is 0 Å². The molecule has 4 aromatic rings. The maximum atomic E-state index is 11.7. The van der Waals surface area contributed by atoms with Crippen LogP contribution >= 0.6 is 11.6 Å². The van der Waals surface area contributed by atoms with Crippen molar-refractivity contribution in [1.29, 1.82) is 0 Å². The number of methoxy groups -OCH3 is 1. The second-order valence-corrected chi connectivity index (χ2v) is 11.0. The molecular formula is C27H33ClN6O3. The van der Waals surface area contributed by atoms with Crippen molar-refractivity contribution in [2.75, 3.05) is 13.7 Å². The number of ether oxygens (including phenoxy) is 1. The third-order valence-corrected chi connectivity index (χ3v) is 7.68. The van der Waals surface area contributed by atoms with Gasteiger partial charge in [-0.2, -0.15) is 0 Å². The Balaban J connectivity index is 1.76. The summed E-state index contributed by atoms with van der Waals surface area (Å²) >= 11 is 6.35. The first-order chi connectivity index (χ1) is 17.8. The number of fused-ring (bicyclic) bond motifs is 1. The monoisotopic (exact) mass is 524 g/mol. The molecule has 1 fully saturated rings. The van der Waals surface area contributed by atoms with Crippen LogP contribution in [0.25, 0.3) is 33.8 Å². The highest BCUT2D eigenvalue weighted by molar-refractivity contribution is 6.30. The maximum absolute atomic E-state index is 11.7. The number of aromatic amines is 1. The van der Waals surface area contributed by atoms with E-state index in [4.69, 9.17) is 30.8 Å². The molecule has 1 N–H and O–H groups in total. The van der Waals surface area contributed by atoms with Crippen LogP contribution in [0.3, 0.4) is 0 Å². The first-order valence-electron chi connectivity index (χ1n) is 12.9. The molecule has 0 saturated heterocycles. The van der Waals surface area contributed by atoms with E-state index in [-0.39, 0.29) is 11.7 Å². The molecule has 0 spiro atoms. The highest BCUT2D eigenvalue weighted by Crippen LogP contribution is 2.37. The smallest absolute Gasteiger partial charge is 0.384 e. The van der Waals surface area contributed by atoms with Crippen molar-refractivity contribution in [2.45, 2.75) is 58.9 Å². The van der Waals surface area contributed by atoms with Crippen LogP contribution in [0.2, 0.25) is 5.02 Å². The minimum absolute atomic E-state index is 0.0977. The number of pyridine rings is 2. The molecule has 0 radical (unpaired) electrons. The van der Waals surface area contributed by atoms with E-state index in [1.54, 1.807) is 19.5 Å². The lowest BCUT2D eigenvalue weighted by atomic mass is 9.83. The van der Waals surface area contributed by atoms with Gasteiger partial charge in [0, 0.05) is 37.5 Å². The summed E-state index contributed by atoms with van der Waals surface area (Å²) in [7, 11) is 1.73. The number of H-pyrrole nitrogens is 1. The van der Waals surface area contributed by atoms with Crippen molar-refractivity contribution >= 4 is 22.6 Å². The molecular weight excluding hydrogens is 492 g/mol. The topological polar surface area (TPSA) is 112 Å². The average molecular weight is 525 g/mol. The van der Waals surface area contributed by atoms with Crippen LogP contribution in [0, 0.1) is 17.8 Å². The van der Waals surface area contributed by atoms with E-state index < -0.39 is 5.76 Å².